The number of rotatable bonds is 2. The zero-order valence-corrected chi connectivity index (χ0v) is 16.0. The van der Waals surface area contributed by atoms with Crippen molar-refractivity contribution in [2.24, 2.45) is 28.6 Å². The van der Waals surface area contributed by atoms with E-state index in [2.05, 4.69) is 13.8 Å². The normalized spacial score (nSPS) is 45.9. The van der Waals surface area contributed by atoms with Crippen LogP contribution in [0.25, 0.3) is 0 Å². The van der Waals surface area contributed by atoms with Crippen LogP contribution in [0.2, 0.25) is 0 Å². The third kappa shape index (κ3) is 2.52. The summed E-state index contributed by atoms with van der Waals surface area (Å²) in [6, 6.07) is 0. The van der Waals surface area contributed by atoms with Crippen LogP contribution in [0.4, 0.5) is 0 Å². The van der Waals surface area contributed by atoms with Gasteiger partial charge >= 0.3 is 5.97 Å². The first-order valence-corrected chi connectivity index (χ1v) is 10.3. The van der Waals surface area contributed by atoms with E-state index in [-0.39, 0.29) is 22.9 Å². The SMILES string of the molecule is CCC(=O)O[C@@H]1CC[C@@H]2[C@H]3CCC4=CC(=O)CC[C@@]4(C)[C@@H]3CC[C@@]21C. The van der Waals surface area contributed by atoms with Crippen molar-refractivity contribution < 1.29 is 14.3 Å². The Morgan fingerprint density at radius 1 is 1.12 bits per heavy atom. The second kappa shape index (κ2) is 5.96. The molecule has 3 heteroatoms. The lowest BCUT2D eigenvalue weighted by molar-refractivity contribution is -0.159. The summed E-state index contributed by atoms with van der Waals surface area (Å²) in [5.74, 6) is 2.41. The van der Waals surface area contributed by atoms with Crippen LogP contribution >= 0.6 is 0 Å². The van der Waals surface area contributed by atoms with Crippen LogP contribution in [0.15, 0.2) is 11.6 Å². The standard InChI is InChI=1S/C22H32O3/c1-4-20(24)25-19-8-7-17-16-6-5-14-13-15(23)9-11-21(14,2)18(16)10-12-22(17,19)3/h13,16-19H,4-12H2,1-3H3/t16-,17-,18-,19-,21-,22+/m1/s1. The van der Waals surface area contributed by atoms with Crippen molar-refractivity contribution in [2.75, 3.05) is 0 Å². The molecule has 0 radical (unpaired) electrons. The number of ketones is 1. The molecule has 138 valence electrons. The zero-order chi connectivity index (χ0) is 17.8. The molecule has 0 N–H and O–H groups in total. The summed E-state index contributed by atoms with van der Waals surface area (Å²) >= 11 is 0. The number of hydrogen-bond donors (Lipinski definition) is 0. The van der Waals surface area contributed by atoms with E-state index in [1.54, 1.807) is 0 Å². The Hall–Kier alpha value is -1.12. The molecule has 0 aromatic carbocycles. The van der Waals surface area contributed by atoms with Crippen molar-refractivity contribution in [2.45, 2.75) is 84.7 Å². The van der Waals surface area contributed by atoms with Crippen molar-refractivity contribution in [3.05, 3.63) is 11.6 Å². The number of allylic oxidation sites excluding steroid dienone is 1. The van der Waals surface area contributed by atoms with Crippen LogP contribution in [0.5, 0.6) is 0 Å². The smallest absolute Gasteiger partial charge is 0.305 e. The molecular formula is C22H32O3. The molecule has 0 unspecified atom stereocenters. The molecule has 0 heterocycles. The van der Waals surface area contributed by atoms with Gasteiger partial charge in [-0.1, -0.05) is 26.3 Å². The monoisotopic (exact) mass is 344 g/mol. The highest BCUT2D eigenvalue weighted by molar-refractivity contribution is 5.91. The van der Waals surface area contributed by atoms with Gasteiger partial charge in [0.1, 0.15) is 6.10 Å². The van der Waals surface area contributed by atoms with Gasteiger partial charge in [-0.05, 0) is 74.2 Å². The molecule has 0 amide bonds. The van der Waals surface area contributed by atoms with Gasteiger partial charge in [0.25, 0.3) is 0 Å². The topological polar surface area (TPSA) is 43.4 Å². The van der Waals surface area contributed by atoms with E-state index in [9.17, 15) is 9.59 Å². The van der Waals surface area contributed by atoms with E-state index < -0.39 is 0 Å². The molecule has 4 aliphatic rings. The van der Waals surface area contributed by atoms with Crippen molar-refractivity contribution >= 4 is 11.8 Å². The molecule has 0 bridgehead atoms. The molecule has 25 heavy (non-hydrogen) atoms. The van der Waals surface area contributed by atoms with E-state index >= 15 is 0 Å². The predicted octanol–water partition coefficient (Wildman–Crippen LogP) is 4.84. The van der Waals surface area contributed by atoms with Crippen molar-refractivity contribution in [3.63, 3.8) is 0 Å². The molecular weight excluding hydrogens is 312 g/mol. The fraction of sp³-hybridized carbons (Fsp3) is 0.818. The Balaban J connectivity index is 1.59. The molecule has 0 saturated heterocycles. The zero-order valence-electron chi connectivity index (χ0n) is 16.0. The molecule has 0 aliphatic heterocycles. The number of hydrogen-bond acceptors (Lipinski definition) is 3. The number of carbonyl (C=O) groups is 2. The van der Waals surface area contributed by atoms with Crippen LogP contribution < -0.4 is 0 Å². The molecule has 3 saturated carbocycles. The van der Waals surface area contributed by atoms with Crippen molar-refractivity contribution in [1.29, 1.82) is 0 Å². The van der Waals surface area contributed by atoms with Crippen LogP contribution in [-0.2, 0) is 14.3 Å². The van der Waals surface area contributed by atoms with E-state index in [0.717, 1.165) is 38.0 Å². The lowest BCUT2D eigenvalue weighted by atomic mass is 9.47. The largest absolute Gasteiger partial charge is 0.462 e. The molecule has 3 nitrogen and oxygen atoms in total. The summed E-state index contributed by atoms with van der Waals surface area (Å²) in [5.41, 5.74) is 1.82. The summed E-state index contributed by atoms with van der Waals surface area (Å²) in [6.07, 6.45) is 11.3. The highest BCUT2D eigenvalue weighted by atomic mass is 16.5. The summed E-state index contributed by atoms with van der Waals surface area (Å²) in [4.78, 5) is 23.8. The quantitative estimate of drug-likeness (QED) is 0.673. The maximum absolute atomic E-state index is 11.9. The Labute approximate surface area is 151 Å². The van der Waals surface area contributed by atoms with Crippen LogP contribution in [0.3, 0.4) is 0 Å². The van der Waals surface area contributed by atoms with Crippen molar-refractivity contribution in [3.8, 4) is 0 Å². The van der Waals surface area contributed by atoms with Gasteiger partial charge in [-0.15, -0.1) is 0 Å². The Kier molecular flexibility index (Phi) is 4.12. The third-order valence-electron chi connectivity index (χ3n) is 8.44. The van der Waals surface area contributed by atoms with Gasteiger partial charge < -0.3 is 4.74 Å². The summed E-state index contributed by atoms with van der Waals surface area (Å²) in [6.45, 7) is 6.69. The summed E-state index contributed by atoms with van der Waals surface area (Å²) < 4.78 is 5.86. The maximum Gasteiger partial charge on any atom is 0.305 e. The van der Waals surface area contributed by atoms with Gasteiger partial charge in [0, 0.05) is 18.3 Å². The van der Waals surface area contributed by atoms with E-state index in [1.807, 2.05) is 13.0 Å². The fourth-order valence-corrected chi connectivity index (χ4v) is 6.95. The first-order chi connectivity index (χ1) is 11.9. The Bertz CT molecular complexity index is 621. The minimum absolute atomic E-state index is 0.0411. The maximum atomic E-state index is 11.9. The number of esters is 1. The van der Waals surface area contributed by atoms with Gasteiger partial charge in [0.05, 0.1) is 0 Å². The average Bonchev–Trinajstić information content (AvgIpc) is 2.92. The second-order valence-corrected chi connectivity index (χ2v) is 9.42. The molecule has 0 spiro atoms. The van der Waals surface area contributed by atoms with Gasteiger partial charge in [0.15, 0.2) is 5.78 Å². The molecule has 4 rings (SSSR count). The first kappa shape index (κ1) is 17.3. The van der Waals surface area contributed by atoms with Crippen LogP contribution in [-0.4, -0.2) is 17.9 Å². The van der Waals surface area contributed by atoms with E-state index in [1.165, 1.54) is 24.8 Å². The van der Waals surface area contributed by atoms with Gasteiger partial charge in [-0.25, -0.2) is 0 Å². The number of fused-ring (bicyclic) bond motifs is 5. The lowest BCUT2D eigenvalue weighted by Gasteiger charge is -2.57. The third-order valence-corrected chi connectivity index (χ3v) is 8.44. The van der Waals surface area contributed by atoms with E-state index in [4.69, 9.17) is 4.74 Å². The Morgan fingerprint density at radius 2 is 1.92 bits per heavy atom. The van der Waals surface area contributed by atoms with E-state index in [0.29, 0.717) is 24.0 Å². The highest BCUT2D eigenvalue weighted by Gasteiger charge is 2.59. The van der Waals surface area contributed by atoms with Crippen molar-refractivity contribution in [1.82, 2.24) is 0 Å². The van der Waals surface area contributed by atoms with Crippen LogP contribution in [0.1, 0.15) is 78.6 Å². The minimum atomic E-state index is -0.0411. The highest BCUT2D eigenvalue weighted by Crippen LogP contribution is 2.65. The molecule has 4 aliphatic carbocycles. The number of ether oxygens (including phenoxy) is 1. The van der Waals surface area contributed by atoms with Crippen LogP contribution in [0, 0.1) is 28.6 Å². The number of carbonyl (C=O) groups excluding carboxylic acids is 2. The minimum Gasteiger partial charge on any atom is -0.462 e. The van der Waals surface area contributed by atoms with Gasteiger partial charge in [-0.3, -0.25) is 9.59 Å². The first-order valence-electron chi connectivity index (χ1n) is 10.3. The Morgan fingerprint density at radius 3 is 2.68 bits per heavy atom. The summed E-state index contributed by atoms with van der Waals surface area (Å²) in [5, 5.41) is 0. The second-order valence-electron chi connectivity index (χ2n) is 9.42. The molecule has 6 atom stereocenters. The van der Waals surface area contributed by atoms with Gasteiger partial charge in [-0.2, -0.15) is 0 Å². The molecule has 3 fully saturated rings. The lowest BCUT2D eigenvalue weighted by Crippen LogP contribution is -2.51. The predicted molar refractivity (Wildman–Crippen MR) is 96.9 cm³/mol. The average molecular weight is 344 g/mol. The summed E-state index contributed by atoms with van der Waals surface area (Å²) in [7, 11) is 0. The molecule has 0 aromatic heterocycles. The molecule has 0 aromatic rings. The van der Waals surface area contributed by atoms with Gasteiger partial charge in [0.2, 0.25) is 0 Å². The fourth-order valence-electron chi connectivity index (χ4n) is 6.95.